The number of aliphatic imine (C=N–C) groups is 1. The second kappa shape index (κ2) is 11.7. The Morgan fingerprint density at radius 1 is 0.806 bits per heavy atom. The van der Waals surface area contributed by atoms with Crippen LogP contribution >= 0.6 is 8.58 Å². The first kappa shape index (κ1) is 25.9. The van der Waals surface area contributed by atoms with Crippen molar-refractivity contribution in [3.63, 3.8) is 0 Å². The molecule has 0 amide bonds. The third kappa shape index (κ3) is 5.94. The third-order valence-electron chi connectivity index (χ3n) is 6.86. The minimum absolute atomic E-state index is 0.0636. The second-order valence-corrected chi connectivity index (χ2v) is 11.4. The highest BCUT2D eigenvalue weighted by Gasteiger charge is 2.31. The molecule has 4 aromatic carbocycles. The van der Waals surface area contributed by atoms with Crippen LogP contribution in [-0.4, -0.2) is 5.71 Å². The van der Waals surface area contributed by atoms with E-state index in [-0.39, 0.29) is 5.16 Å². The van der Waals surface area contributed by atoms with Gasteiger partial charge in [-0.1, -0.05) is 107 Å². The van der Waals surface area contributed by atoms with Gasteiger partial charge in [-0.05, 0) is 61.3 Å². The maximum absolute atomic E-state index is 6.51. The predicted molar refractivity (Wildman–Crippen MR) is 157 cm³/mol. The van der Waals surface area contributed by atoms with Gasteiger partial charge < -0.3 is 4.74 Å². The number of benzene rings is 4. The van der Waals surface area contributed by atoms with Crippen LogP contribution in [0.5, 0.6) is 5.75 Å². The van der Waals surface area contributed by atoms with Crippen LogP contribution in [0.15, 0.2) is 102 Å². The minimum Gasteiger partial charge on any atom is -0.488 e. The average molecular weight is 494 g/mol. The van der Waals surface area contributed by atoms with Gasteiger partial charge in [-0.3, -0.25) is 4.99 Å². The van der Waals surface area contributed by atoms with Crippen molar-refractivity contribution < 1.29 is 4.74 Å². The fourth-order valence-corrected chi connectivity index (χ4v) is 6.26. The minimum atomic E-state index is -0.0636. The van der Waals surface area contributed by atoms with Gasteiger partial charge in [-0.25, -0.2) is 0 Å². The Balaban J connectivity index is 1.71. The van der Waals surface area contributed by atoms with Crippen LogP contribution in [-0.2, 0) is 11.8 Å². The summed E-state index contributed by atoms with van der Waals surface area (Å²) in [5.41, 5.74) is 8.23. The molecule has 3 heteroatoms. The molecule has 0 bridgehead atoms. The lowest BCUT2D eigenvalue weighted by Gasteiger charge is -2.33. The Morgan fingerprint density at radius 2 is 1.44 bits per heavy atom. The zero-order valence-corrected chi connectivity index (χ0v) is 23.0. The molecule has 2 atom stereocenters. The summed E-state index contributed by atoms with van der Waals surface area (Å²) < 4.78 is 6.51. The van der Waals surface area contributed by atoms with E-state index in [1.165, 1.54) is 33.1 Å². The number of aryl methyl sites for hydroxylation is 2. The van der Waals surface area contributed by atoms with Gasteiger partial charge in [0.1, 0.15) is 12.4 Å². The van der Waals surface area contributed by atoms with Crippen molar-refractivity contribution in [2.75, 3.05) is 0 Å². The average Bonchev–Trinajstić information content (AvgIpc) is 2.90. The maximum atomic E-state index is 6.51. The first-order valence-corrected chi connectivity index (χ1v) is 13.7. The van der Waals surface area contributed by atoms with E-state index in [9.17, 15) is 0 Å². The number of nitrogens with zero attached hydrogens (tertiary/aromatic N) is 1. The smallest absolute Gasteiger partial charge is 0.126 e. The molecule has 2 nitrogen and oxygen atoms in total. The highest BCUT2D eigenvalue weighted by atomic mass is 31.1. The molecule has 0 radical (unpaired) electrons. The quantitative estimate of drug-likeness (QED) is 0.169. The Hall–Kier alpha value is -3.22. The Bertz CT molecular complexity index is 1330. The summed E-state index contributed by atoms with van der Waals surface area (Å²) in [5.74, 6) is 1.02. The van der Waals surface area contributed by atoms with E-state index < -0.39 is 0 Å². The van der Waals surface area contributed by atoms with Crippen LogP contribution < -0.4 is 10.0 Å². The Kier molecular flexibility index (Phi) is 8.39. The molecule has 184 valence electrons. The number of hydrogen-bond donors (Lipinski definition) is 0. The SMILES string of the molecule is CCC(C)(Pc1c(C)cccc1/C(C)=N/c1ccccc1)c1cccc(C)c1OCc1ccccc1. The molecule has 0 saturated heterocycles. The molecule has 0 saturated carbocycles. The molecular formula is C33H36NOP. The molecule has 2 unspecified atom stereocenters. The number of rotatable bonds is 9. The van der Waals surface area contributed by atoms with Gasteiger partial charge in [0.2, 0.25) is 0 Å². The van der Waals surface area contributed by atoms with E-state index in [1.54, 1.807) is 0 Å². The van der Waals surface area contributed by atoms with Crippen molar-refractivity contribution in [3.8, 4) is 5.75 Å². The van der Waals surface area contributed by atoms with Crippen LogP contribution in [0.3, 0.4) is 0 Å². The highest BCUT2D eigenvalue weighted by molar-refractivity contribution is 7.49. The Morgan fingerprint density at radius 3 is 2.14 bits per heavy atom. The van der Waals surface area contributed by atoms with Crippen molar-refractivity contribution in [2.45, 2.75) is 52.8 Å². The lowest BCUT2D eigenvalue weighted by molar-refractivity contribution is 0.297. The summed E-state index contributed by atoms with van der Waals surface area (Å²) in [4.78, 5) is 4.95. The number of hydrogen-bond acceptors (Lipinski definition) is 2. The summed E-state index contributed by atoms with van der Waals surface area (Å²) in [5, 5.41) is 1.32. The molecular weight excluding hydrogens is 457 g/mol. The third-order valence-corrected chi connectivity index (χ3v) is 8.94. The lowest BCUT2D eigenvalue weighted by atomic mass is 9.94. The van der Waals surface area contributed by atoms with Crippen molar-refractivity contribution in [1.29, 1.82) is 0 Å². The summed E-state index contributed by atoms with van der Waals surface area (Å²) >= 11 is 0. The molecule has 0 aliphatic rings. The zero-order chi connectivity index (χ0) is 25.5. The first-order valence-electron chi connectivity index (χ1n) is 12.7. The van der Waals surface area contributed by atoms with Crippen LogP contribution in [0.1, 0.15) is 55.0 Å². The molecule has 0 aromatic heterocycles. The topological polar surface area (TPSA) is 21.6 Å². The maximum Gasteiger partial charge on any atom is 0.126 e. The zero-order valence-electron chi connectivity index (χ0n) is 22.0. The van der Waals surface area contributed by atoms with E-state index in [2.05, 4.69) is 107 Å². The van der Waals surface area contributed by atoms with Gasteiger partial charge in [0, 0.05) is 22.0 Å². The van der Waals surface area contributed by atoms with Gasteiger partial charge in [0.25, 0.3) is 0 Å². The largest absolute Gasteiger partial charge is 0.488 e. The van der Waals surface area contributed by atoms with Crippen molar-refractivity contribution in [1.82, 2.24) is 0 Å². The molecule has 0 heterocycles. The fourth-order valence-electron chi connectivity index (χ4n) is 4.52. The molecule has 0 aliphatic carbocycles. The highest BCUT2D eigenvalue weighted by Crippen LogP contribution is 2.49. The first-order chi connectivity index (χ1) is 17.4. The molecule has 4 aromatic rings. The van der Waals surface area contributed by atoms with E-state index in [4.69, 9.17) is 9.73 Å². The molecule has 4 rings (SSSR count). The van der Waals surface area contributed by atoms with Crippen LogP contribution in [0.2, 0.25) is 0 Å². The van der Waals surface area contributed by atoms with Crippen molar-refractivity contribution in [2.24, 2.45) is 4.99 Å². The summed E-state index contributed by atoms with van der Waals surface area (Å²) in [6.45, 7) is 11.7. The van der Waals surface area contributed by atoms with E-state index in [0.717, 1.165) is 23.6 Å². The van der Waals surface area contributed by atoms with Gasteiger partial charge in [-0.2, -0.15) is 0 Å². The summed E-state index contributed by atoms with van der Waals surface area (Å²) in [6, 6.07) is 33.8. The molecule has 0 N–H and O–H groups in total. The van der Waals surface area contributed by atoms with E-state index >= 15 is 0 Å². The fraction of sp³-hybridized carbons (Fsp3) is 0.242. The molecule has 0 fully saturated rings. The van der Waals surface area contributed by atoms with Gasteiger partial charge in [0.05, 0.1) is 5.69 Å². The Labute approximate surface area is 218 Å². The summed E-state index contributed by atoms with van der Waals surface area (Å²) in [7, 11) is 0.580. The molecule has 0 spiro atoms. The monoisotopic (exact) mass is 493 g/mol. The standard InChI is InChI=1S/C33H36NOP/c1-6-33(5,30-22-14-15-24(2)31(30)35-23-27-17-9-7-10-18-27)36-32-25(3)16-13-21-29(32)26(4)34-28-19-11-8-12-20-28/h7-22,36H,6,23H2,1-5H3/b34-26+. The van der Waals surface area contributed by atoms with Gasteiger partial charge >= 0.3 is 0 Å². The van der Waals surface area contributed by atoms with Gasteiger partial charge in [0.15, 0.2) is 0 Å². The van der Waals surface area contributed by atoms with Crippen LogP contribution in [0.4, 0.5) is 5.69 Å². The summed E-state index contributed by atoms with van der Waals surface area (Å²) in [6.07, 6.45) is 1.01. The second-order valence-electron chi connectivity index (χ2n) is 9.57. The van der Waals surface area contributed by atoms with E-state index in [0.29, 0.717) is 15.2 Å². The number of para-hydroxylation sites is 2. The molecule has 36 heavy (non-hydrogen) atoms. The number of ether oxygens (including phenoxy) is 1. The lowest BCUT2D eigenvalue weighted by Crippen LogP contribution is -2.23. The van der Waals surface area contributed by atoms with E-state index in [1.807, 2.05) is 24.3 Å². The van der Waals surface area contributed by atoms with Crippen molar-refractivity contribution in [3.05, 3.63) is 125 Å². The normalized spacial score (nSPS) is 13.6. The van der Waals surface area contributed by atoms with Crippen molar-refractivity contribution >= 4 is 25.3 Å². The molecule has 0 aliphatic heterocycles. The predicted octanol–water partition coefficient (Wildman–Crippen LogP) is 8.65. The van der Waals surface area contributed by atoms with Gasteiger partial charge in [-0.15, -0.1) is 0 Å². The van der Waals surface area contributed by atoms with Crippen LogP contribution in [0.25, 0.3) is 0 Å². The van der Waals surface area contributed by atoms with Crippen LogP contribution in [0, 0.1) is 13.8 Å².